The summed E-state index contributed by atoms with van der Waals surface area (Å²) in [4.78, 5) is 12.8. The van der Waals surface area contributed by atoms with Crippen molar-refractivity contribution in [1.82, 2.24) is 5.32 Å². The molecule has 0 bridgehead atoms. The molecule has 0 amide bonds. The lowest BCUT2D eigenvalue weighted by Crippen LogP contribution is -2.39. The molecule has 3 aromatic carbocycles. The van der Waals surface area contributed by atoms with Crippen molar-refractivity contribution in [3.8, 4) is 0 Å². The summed E-state index contributed by atoms with van der Waals surface area (Å²) < 4.78 is 94.5. The summed E-state index contributed by atoms with van der Waals surface area (Å²) in [5.41, 5.74) is -1.00. The predicted octanol–water partition coefficient (Wildman–Crippen LogP) is 7.73. The van der Waals surface area contributed by atoms with Gasteiger partial charge >= 0.3 is 18.3 Å². The van der Waals surface area contributed by atoms with Crippen molar-refractivity contribution in [3.05, 3.63) is 106 Å². The number of rotatable bonds is 7. The van der Waals surface area contributed by atoms with E-state index in [0.717, 1.165) is 30.6 Å². The Hall–Kier alpha value is -3.37. The first kappa shape index (κ1) is 30.1. The molecule has 1 N–H and O–H groups in total. The molecule has 1 aliphatic carbocycles. The summed E-state index contributed by atoms with van der Waals surface area (Å²) in [5.74, 6) is -0.370. The second-order valence-electron chi connectivity index (χ2n) is 11.0. The Morgan fingerprint density at radius 3 is 2.17 bits per heavy atom. The molecule has 0 spiro atoms. The van der Waals surface area contributed by atoms with E-state index >= 15 is 0 Å². The largest absolute Gasteiger partial charge is 0.459 e. The molecule has 1 aliphatic heterocycles. The number of alkyl halides is 6. The number of nitrogens with one attached hydrogen (secondary N) is 1. The number of hydrogen-bond donors (Lipinski definition) is 1. The highest BCUT2D eigenvalue weighted by Crippen LogP contribution is 2.47. The molecule has 1 saturated heterocycles. The molecule has 1 unspecified atom stereocenters. The zero-order valence-corrected chi connectivity index (χ0v) is 22.8. The van der Waals surface area contributed by atoms with Crippen molar-refractivity contribution in [2.24, 2.45) is 11.8 Å². The van der Waals surface area contributed by atoms with Gasteiger partial charge in [0, 0.05) is 5.92 Å². The maximum atomic E-state index is 13.8. The van der Waals surface area contributed by atoms with Gasteiger partial charge in [-0.2, -0.15) is 26.3 Å². The molecule has 42 heavy (non-hydrogen) atoms. The van der Waals surface area contributed by atoms with Crippen molar-refractivity contribution < 1.29 is 40.6 Å². The van der Waals surface area contributed by atoms with Gasteiger partial charge in [-0.15, -0.1) is 0 Å². The first-order valence-electron chi connectivity index (χ1n) is 13.8. The number of hydrogen-bond acceptors (Lipinski definition) is 4. The highest BCUT2D eigenvalue weighted by atomic mass is 19.4. The van der Waals surface area contributed by atoms with Gasteiger partial charge in [0.2, 0.25) is 0 Å². The minimum Gasteiger partial charge on any atom is -0.459 e. The van der Waals surface area contributed by atoms with Crippen LogP contribution in [0.2, 0.25) is 0 Å². The van der Waals surface area contributed by atoms with Crippen molar-refractivity contribution >= 4 is 5.97 Å². The van der Waals surface area contributed by atoms with E-state index in [1.807, 2.05) is 31.2 Å². The topological polar surface area (TPSA) is 47.6 Å². The van der Waals surface area contributed by atoms with Crippen LogP contribution in [-0.4, -0.2) is 31.8 Å². The summed E-state index contributed by atoms with van der Waals surface area (Å²) >= 11 is 0. The zero-order chi connectivity index (χ0) is 30.1. The molecule has 1 saturated carbocycles. The van der Waals surface area contributed by atoms with Gasteiger partial charge in [-0.1, -0.05) is 42.5 Å². The standard InChI is InChI=1S/C32H31F6NO3/c1-19-7-5-6-10-25(19)29-26-17-39-16-21(26)11-12-27(29)42-28(18-41-30(40)20-8-3-2-4-9-20)22-13-23(31(33,34)35)15-24(14-22)32(36,37)38/h2-10,13-15,21,26-29,39H,11-12,16-18H2,1H3/t21-,26-,27+,28?,29+/m1/s1. The molecular weight excluding hydrogens is 560 g/mol. The molecule has 0 aromatic heterocycles. The van der Waals surface area contributed by atoms with Crippen LogP contribution in [0, 0.1) is 18.8 Å². The maximum absolute atomic E-state index is 13.8. The minimum atomic E-state index is -5.03. The van der Waals surface area contributed by atoms with Crippen LogP contribution in [0.5, 0.6) is 0 Å². The number of ether oxygens (including phenoxy) is 2. The second-order valence-corrected chi connectivity index (χ2v) is 11.0. The van der Waals surface area contributed by atoms with Crippen molar-refractivity contribution in [2.75, 3.05) is 19.7 Å². The number of carbonyl (C=O) groups is 1. The third-order valence-electron chi connectivity index (χ3n) is 8.32. The molecule has 10 heteroatoms. The Kier molecular flexibility index (Phi) is 8.66. The number of halogens is 6. The third kappa shape index (κ3) is 6.65. The summed E-state index contributed by atoms with van der Waals surface area (Å²) in [6, 6.07) is 17.1. The lowest BCUT2D eigenvalue weighted by molar-refractivity contribution is -0.143. The van der Waals surface area contributed by atoms with Crippen molar-refractivity contribution in [1.29, 1.82) is 0 Å². The molecule has 224 valence electrons. The van der Waals surface area contributed by atoms with Gasteiger partial charge in [0.15, 0.2) is 0 Å². The first-order chi connectivity index (χ1) is 19.9. The fourth-order valence-electron chi connectivity index (χ4n) is 6.27. The van der Waals surface area contributed by atoms with E-state index in [0.29, 0.717) is 24.5 Å². The van der Waals surface area contributed by atoms with Crippen molar-refractivity contribution in [2.45, 2.75) is 50.2 Å². The Balaban J connectivity index is 1.53. The van der Waals surface area contributed by atoms with Crippen LogP contribution in [0.15, 0.2) is 72.8 Å². The van der Waals surface area contributed by atoms with Crippen LogP contribution in [0.25, 0.3) is 0 Å². The van der Waals surface area contributed by atoms with Crippen LogP contribution in [0.1, 0.15) is 63.0 Å². The SMILES string of the molecule is Cc1ccccc1[C@H]1[C@@H]2CNC[C@H]2CC[C@@H]1OC(COC(=O)c1ccccc1)c1cc(C(F)(F)F)cc(C(F)(F)F)c1. The van der Waals surface area contributed by atoms with E-state index in [1.54, 1.807) is 18.2 Å². The van der Waals surface area contributed by atoms with Crippen LogP contribution >= 0.6 is 0 Å². The summed E-state index contributed by atoms with van der Waals surface area (Å²) in [7, 11) is 0. The van der Waals surface area contributed by atoms with E-state index < -0.39 is 48.3 Å². The van der Waals surface area contributed by atoms with E-state index in [4.69, 9.17) is 9.47 Å². The van der Waals surface area contributed by atoms with Gasteiger partial charge in [-0.25, -0.2) is 4.79 Å². The van der Waals surface area contributed by atoms with Crippen LogP contribution in [-0.2, 0) is 21.8 Å². The number of fused-ring (bicyclic) bond motifs is 1. The molecule has 1 heterocycles. The molecule has 2 aliphatic rings. The van der Waals surface area contributed by atoms with Crippen LogP contribution < -0.4 is 5.32 Å². The molecule has 5 atom stereocenters. The van der Waals surface area contributed by atoms with Crippen molar-refractivity contribution in [3.63, 3.8) is 0 Å². The number of aryl methyl sites for hydroxylation is 1. The fraction of sp³-hybridized carbons (Fsp3) is 0.406. The van der Waals surface area contributed by atoms with Gasteiger partial charge in [-0.3, -0.25) is 0 Å². The van der Waals surface area contributed by atoms with E-state index in [1.165, 1.54) is 12.1 Å². The summed E-state index contributed by atoms with van der Waals surface area (Å²) in [6.07, 6.45) is -10.6. The second kappa shape index (κ2) is 12.1. The van der Waals surface area contributed by atoms with Gasteiger partial charge < -0.3 is 14.8 Å². The van der Waals surface area contributed by atoms with E-state index in [9.17, 15) is 31.1 Å². The third-order valence-corrected chi connectivity index (χ3v) is 8.32. The van der Waals surface area contributed by atoms with Crippen LogP contribution in [0.3, 0.4) is 0 Å². The lowest BCUT2D eigenvalue weighted by Gasteiger charge is -2.42. The minimum absolute atomic E-state index is 0.0854. The van der Waals surface area contributed by atoms with Gasteiger partial charge in [0.05, 0.1) is 22.8 Å². The monoisotopic (exact) mass is 591 g/mol. The smallest absolute Gasteiger partial charge is 0.416 e. The summed E-state index contributed by atoms with van der Waals surface area (Å²) in [6.45, 7) is 2.97. The average Bonchev–Trinajstić information content (AvgIpc) is 3.44. The Morgan fingerprint density at radius 2 is 1.52 bits per heavy atom. The van der Waals surface area contributed by atoms with Crippen LogP contribution in [0.4, 0.5) is 26.3 Å². The Morgan fingerprint density at radius 1 is 0.881 bits per heavy atom. The lowest BCUT2D eigenvalue weighted by atomic mass is 9.68. The molecular formula is C32H31F6NO3. The normalized spacial score (nSPS) is 23.3. The molecule has 2 fully saturated rings. The molecule has 3 aromatic rings. The number of carbonyl (C=O) groups excluding carboxylic acids is 1. The van der Waals surface area contributed by atoms with Gasteiger partial charge in [-0.05, 0) is 91.7 Å². The zero-order valence-electron chi connectivity index (χ0n) is 22.8. The fourth-order valence-corrected chi connectivity index (χ4v) is 6.27. The molecule has 4 nitrogen and oxygen atoms in total. The molecule has 5 rings (SSSR count). The number of benzene rings is 3. The first-order valence-corrected chi connectivity index (χ1v) is 13.8. The highest BCUT2D eigenvalue weighted by molar-refractivity contribution is 5.89. The Labute approximate surface area is 240 Å². The highest BCUT2D eigenvalue weighted by Gasteiger charge is 2.45. The predicted molar refractivity (Wildman–Crippen MR) is 144 cm³/mol. The Bertz CT molecular complexity index is 1360. The van der Waals surface area contributed by atoms with Gasteiger partial charge in [0.1, 0.15) is 12.7 Å². The molecule has 0 radical (unpaired) electrons. The quantitative estimate of drug-likeness (QED) is 0.226. The average molecular weight is 592 g/mol. The van der Waals surface area contributed by atoms with E-state index in [-0.39, 0.29) is 29.0 Å². The summed E-state index contributed by atoms with van der Waals surface area (Å²) in [5, 5.41) is 3.42. The van der Waals surface area contributed by atoms with E-state index in [2.05, 4.69) is 5.32 Å². The van der Waals surface area contributed by atoms with Gasteiger partial charge in [0.25, 0.3) is 0 Å². The maximum Gasteiger partial charge on any atom is 0.416 e. The number of esters is 1.